The number of aliphatic hydroxyl groups excluding tert-OH is 1. The second kappa shape index (κ2) is 3.98. The zero-order valence-electron chi connectivity index (χ0n) is 7.82. The number of hydrogen-bond donors (Lipinski definition) is 2. The van der Waals surface area contributed by atoms with Gasteiger partial charge in [0.25, 0.3) is 0 Å². The standard InChI is InChI=1S/C9H14N2OS/c1-9(2,6-12)13-8-5-11-4-3-7(8)10/h3-5,12H,6H2,1-2H3,(H2,10,11). The number of pyridine rings is 1. The summed E-state index contributed by atoms with van der Waals surface area (Å²) in [5.41, 5.74) is 6.45. The Labute approximate surface area is 82.4 Å². The smallest absolute Gasteiger partial charge is 0.0576 e. The monoisotopic (exact) mass is 198 g/mol. The second-order valence-corrected chi connectivity index (χ2v) is 5.18. The van der Waals surface area contributed by atoms with E-state index in [-0.39, 0.29) is 11.4 Å². The predicted octanol–water partition coefficient (Wildman–Crippen LogP) is 1.53. The number of nitrogens with two attached hydrogens (primary N) is 1. The Morgan fingerprint density at radius 2 is 2.31 bits per heavy atom. The molecule has 0 unspecified atom stereocenters. The minimum Gasteiger partial charge on any atom is -0.398 e. The largest absolute Gasteiger partial charge is 0.398 e. The fourth-order valence-electron chi connectivity index (χ4n) is 0.806. The number of rotatable bonds is 3. The molecule has 0 amide bonds. The van der Waals surface area contributed by atoms with Crippen molar-refractivity contribution in [2.45, 2.75) is 23.5 Å². The average molecular weight is 198 g/mol. The van der Waals surface area contributed by atoms with Gasteiger partial charge in [-0.1, -0.05) is 0 Å². The van der Waals surface area contributed by atoms with Gasteiger partial charge in [0, 0.05) is 27.7 Å². The van der Waals surface area contributed by atoms with Crippen molar-refractivity contribution in [3.05, 3.63) is 18.5 Å². The highest BCUT2D eigenvalue weighted by molar-refractivity contribution is 8.00. The summed E-state index contributed by atoms with van der Waals surface area (Å²) in [6, 6.07) is 1.76. The number of hydrogen-bond acceptors (Lipinski definition) is 4. The molecule has 0 saturated heterocycles. The van der Waals surface area contributed by atoms with E-state index >= 15 is 0 Å². The van der Waals surface area contributed by atoms with Crippen LogP contribution in [0.4, 0.5) is 5.69 Å². The lowest BCUT2D eigenvalue weighted by Crippen LogP contribution is -2.19. The van der Waals surface area contributed by atoms with E-state index in [1.807, 2.05) is 13.8 Å². The van der Waals surface area contributed by atoms with Crippen molar-refractivity contribution in [1.82, 2.24) is 4.98 Å². The molecule has 0 bridgehead atoms. The Morgan fingerprint density at radius 1 is 1.62 bits per heavy atom. The predicted molar refractivity (Wildman–Crippen MR) is 55.7 cm³/mol. The van der Waals surface area contributed by atoms with Crippen molar-refractivity contribution >= 4 is 17.4 Å². The van der Waals surface area contributed by atoms with E-state index in [4.69, 9.17) is 10.8 Å². The molecule has 13 heavy (non-hydrogen) atoms. The molecule has 1 heterocycles. The van der Waals surface area contributed by atoms with E-state index in [1.165, 1.54) is 11.8 Å². The van der Waals surface area contributed by atoms with Gasteiger partial charge in [0.15, 0.2) is 0 Å². The Bertz CT molecular complexity index is 289. The number of nitrogens with zero attached hydrogens (tertiary/aromatic N) is 1. The normalized spacial score (nSPS) is 11.6. The third-order valence-electron chi connectivity index (χ3n) is 1.58. The lowest BCUT2D eigenvalue weighted by molar-refractivity contribution is 0.265. The topological polar surface area (TPSA) is 59.1 Å². The summed E-state index contributed by atoms with van der Waals surface area (Å²) in [6.07, 6.45) is 3.38. The van der Waals surface area contributed by atoms with Gasteiger partial charge >= 0.3 is 0 Å². The lowest BCUT2D eigenvalue weighted by Gasteiger charge is -2.21. The number of aliphatic hydroxyl groups is 1. The zero-order valence-corrected chi connectivity index (χ0v) is 8.64. The fourth-order valence-corrected chi connectivity index (χ4v) is 1.77. The molecular weight excluding hydrogens is 184 g/mol. The Balaban J connectivity index is 2.80. The number of aromatic nitrogens is 1. The third-order valence-corrected chi connectivity index (χ3v) is 2.83. The van der Waals surface area contributed by atoms with Gasteiger partial charge < -0.3 is 10.8 Å². The van der Waals surface area contributed by atoms with Crippen LogP contribution in [0.1, 0.15) is 13.8 Å². The van der Waals surface area contributed by atoms with Crippen LogP contribution in [-0.2, 0) is 0 Å². The third kappa shape index (κ3) is 2.90. The quantitative estimate of drug-likeness (QED) is 0.723. The van der Waals surface area contributed by atoms with Crippen LogP contribution < -0.4 is 5.73 Å². The summed E-state index contributed by atoms with van der Waals surface area (Å²) in [5, 5.41) is 9.06. The highest BCUT2D eigenvalue weighted by Gasteiger charge is 2.19. The molecule has 0 atom stereocenters. The molecule has 3 nitrogen and oxygen atoms in total. The van der Waals surface area contributed by atoms with E-state index in [0.717, 1.165) is 4.90 Å². The van der Waals surface area contributed by atoms with Crippen LogP contribution in [0.2, 0.25) is 0 Å². The van der Waals surface area contributed by atoms with Crippen molar-refractivity contribution in [3.63, 3.8) is 0 Å². The van der Waals surface area contributed by atoms with Crippen molar-refractivity contribution in [3.8, 4) is 0 Å². The molecule has 0 aliphatic heterocycles. The molecule has 0 spiro atoms. The number of thioether (sulfide) groups is 1. The molecule has 4 heteroatoms. The Hall–Kier alpha value is -0.740. The molecular formula is C9H14N2OS. The van der Waals surface area contributed by atoms with Gasteiger partial charge in [-0.05, 0) is 19.9 Å². The number of nitrogen functional groups attached to an aromatic ring is 1. The van der Waals surface area contributed by atoms with E-state index < -0.39 is 0 Å². The maximum absolute atomic E-state index is 9.06. The molecule has 0 fully saturated rings. The maximum Gasteiger partial charge on any atom is 0.0576 e. The molecule has 0 aromatic carbocycles. The summed E-state index contributed by atoms with van der Waals surface area (Å²) in [4.78, 5) is 4.90. The molecule has 0 radical (unpaired) electrons. The van der Waals surface area contributed by atoms with E-state index in [2.05, 4.69) is 4.98 Å². The van der Waals surface area contributed by atoms with Gasteiger partial charge in [-0.2, -0.15) is 0 Å². The average Bonchev–Trinajstić information content (AvgIpc) is 2.09. The first-order valence-corrected chi connectivity index (χ1v) is 4.86. The van der Waals surface area contributed by atoms with Gasteiger partial charge in [0.1, 0.15) is 0 Å². The molecule has 0 aliphatic carbocycles. The first-order chi connectivity index (χ1) is 6.05. The van der Waals surface area contributed by atoms with Crippen molar-refractivity contribution in [2.75, 3.05) is 12.3 Å². The van der Waals surface area contributed by atoms with Gasteiger partial charge in [-0.25, -0.2) is 0 Å². The highest BCUT2D eigenvalue weighted by Crippen LogP contribution is 2.34. The van der Waals surface area contributed by atoms with Crippen molar-refractivity contribution in [2.24, 2.45) is 0 Å². The highest BCUT2D eigenvalue weighted by atomic mass is 32.2. The first kappa shape index (κ1) is 10.3. The van der Waals surface area contributed by atoms with Gasteiger partial charge in [0.05, 0.1) is 6.61 Å². The number of anilines is 1. The summed E-state index contributed by atoms with van der Waals surface area (Å²) < 4.78 is -0.211. The molecule has 1 aromatic rings. The molecule has 1 rings (SSSR count). The second-order valence-electron chi connectivity index (χ2n) is 3.43. The van der Waals surface area contributed by atoms with E-state index in [1.54, 1.807) is 18.5 Å². The van der Waals surface area contributed by atoms with Gasteiger partial charge in [0.2, 0.25) is 0 Å². The molecule has 1 aromatic heterocycles. The minimum atomic E-state index is -0.211. The molecule has 3 N–H and O–H groups in total. The summed E-state index contributed by atoms with van der Waals surface area (Å²) >= 11 is 1.53. The molecule has 72 valence electrons. The molecule has 0 aliphatic rings. The van der Waals surface area contributed by atoms with Crippen LogP contribution in [0.5, 0.6) is 0 Å². The van der Waals surface area contributed by atoms with E-state index in [0.29, 0.717) is 5.69 Å². The Kier molecular flexibility index (Phi) is 3.17. The Morgan fingerprint density at radius 3 is 2.85 bits per heavy atom. The van der Waals surface area contributed by atoms with Crippen molar-refractivity contribution < 1.29 is 5.11 Å². The summed E-state index contributed by atoms with van der Waals surface area (Å²) in [6.45, 7) is 4.04. The van der Waals surface area contributed by atoms with Crippen LogP contribution in [0.15, 0.2) is 23.4 Å². The van der Waals surface area contributed by atoms with E-state index in [9.17, 15) is 0 Å². The zero-order chi connectivity index (χ0) is 9.90. The van der Waals surface area contributed by atoms with Crippen LogP contribution in [0, 0.1) is 0 Å². The minimum absolute atomic E-state index is 0.117. The van der Waals surface area contributed by atoms with Crippen molar-refractivity contribution in [1.29, 1.82) is 0 Å². The maximum atomic E-state index is 9.06. The SMILES string of the molecule is CC(C)(CO)Sc1cnccc1N. The molecule has 0 saturated carbocycles. The van der Waals surface area contributed by atoms with Crippen LogP contribution in [0.3, 0.4) is 0 Å². The van der Waals surface area contributed by atoms with Crippen LogP contribution in [-0.4, -0.2) is 21.4 Å². The lowest BCUT2D eigenvalue weighted by atomic mass is 10.2. The van der Waals surface area contributed by atoms with Crippen LogP contribution >= 0.6 is 11.8 Å². The summed E-state index contributed by atoms with van der Waals surface area (Å²) in [7, 11) is 0. The van der Waals surface area contributed by atoms with Gasteiger partial charge in [-0.15, -0.1) is 11.8 Å². The van der Waals surface area contributed by atoms with Crippen LogP contribution in [0.25, 0.3) is 0 Å². The fraction of sp³-hybridized carbons (Fsp3) is 0.444. The summed E-state index contributed by atoms with van der Waals surface area (Å²) in [5.74, 6) is 0. The van der Waals surface area contributed by atoms with Gasteiger partial charge in [-0.3, -0.25) is 4.98 Å². The first-order valence-electron chi connectivity index (χ1n) is 4.04.